The molecule has 0 radical (unpaired) electrons. The molecule has 1 amide bonds. The molecule has 0 aliphatic carbocycles. The van der Waals surface area contributed by atoms with Crippen molar-refractivity contribution in [2.45, 2.75) is 38.3 Å². The van der Waals surface area contributed by atoms with Crippen LogP contribution in [0.15, 0.2) is 54.6 Å². The zero-order valence-electron chi connectivity index (χ0n) is 15.5. The third-order valence-corrected chi connectivity index (χ3v) is 4.85. The number of halogens is 1. The summed E-state index contributed by atoms with van der Waals surface area (Å²) < 4.78 is 38.8. The maximum atomic E-state index is 13.1. The lowest BCUT2D eigenvalue weighted by atomic mass is 10.0. The maximum Gasteiger partial charge on any atom is 0.222 e. The Morgan fingerprint density at radius 2 is 1.70 bits per heavy atom. The van der Waals surface area contributed by atoms with Gasteiger partial charge in [-0.15, -0.1) is 0 Å². The van der Waals surface area contributed by atoms with E-state index in [1.54, 1.807) is 0 Å². The van der Waals surface area contributed by atoms with Crippen LogP contribution in [0.25, 0.3) is 0 Å². The molecule has 0 heterocycles. The highest BCUT2D eigenvalue weighted by atomic mass is 32.2. The number of benzene rings is 2. The number of carbonyl (C=O) groups excluding carboxylic acids is 1. The molecule has 146 valence electrons. The quantitative estimate of drug-likeness (QED) is 0.689. The largest absolute Gasteiger partial charge is 0.354 e. The molecule has 2 aromatic carbocycles. The molecular formula is C20H25FN2O3S. The Morgan fingerprint density at radius 1 is 1.07 bits per heavy atom. The highest BCUT2D eigenvalue weighted by Crippen LogP contribution is 2.18. The van der Waals surface area contributed by atoms with Crippen LogP contribution in [0.2, 0.25) is 0 Å². The molecule has 0 saturated heterocycles. The summed E-state index contributed by atoms with van der Waals surface area (Å²) in [5.74, 6) is -0.683. The van der Waals surface area contributed by atoms with Gasteiger partial charge in [-0.05, 0) is 43.0 Å². The molecule has 0 fully saturated rings. The van der Waals surface area contributed by atoms with Gasteiger partial charge in [-0.25, -0.2) is 17.5 Å². The van der Waals surface area contributed by atoms with E-state index in [-0.39, 0.29) is 18.4 Å². The van der Waals surface area contributed by atoms with Crippen molar-refractivity contribution in [3.05, 3.63) is 71.5 Å². The molecule has 2 atom stereocenters. The van der Waals surface area contributed by atoms with Gasteiger partial charge >= 0.3 is 0 Å². The van der Waals surface area contributed by atoms with Gasteiger partial charge in [0.15, 0.2) is 0 Å². The molecule has 2 N–H and O–H groups in total. The zero-order chi connectivity index (χ0) is 19.9. The third kappa shape index (κ3) is 7.88. The summed E-state index contributed by atoms with van der Waals surface area (Å²) in [6, 6.07) is 14.6. The van der Waals surface area contributed by atoms with Crippen molar-refractivity contribution in [3.8, 4) is 0 Å². The summed E-state index contributed by atoms with van der Waals surface area (Å²) in [6.07, 6.45) is 2.58. The van der Waals surface area contributed by atoms with Gasteiger partial charge in [0.05, 0.1) is 12.3 Å². The van der Waals surface area contributed by atoms with E-state index >= 15 is 0 Å². The van der Waals surface area contributed by atoms with Crippen LogP contribution in [0, 0.1) is 5.82 Å². The smallest absolute Gasteiger partial charge is 0.222 e. The van der Waals surface area contributed by atoms with Gasteiger partial charge in [0.25, 0.3) is 0 Å². The molecule has 7 heteroatoms. The molecule has 2 rings (SSSR count). The topological polar surface area (TPSA) is 75.3 Å². The lowest BCUT2D eigenvalue weighted by Crippen LogP contribution is -2.37. The molecule has 0 aromatic heterocycles. The van der Waals surface area contributed by atoms with Crippen molar-refractivity contribution in [3.63, 3.8) is 0 Å². The minimum absolute atomic E-state index is 0.0511. The number of hydrogen-bond donors (Lipinski definition) is 2. The Labute approximate surface area is 160 Å². The number of hydrogen-bond acceptors (Lipinski definition) is 3. The average molecular weight is 392 g/mol. The van der Waals surface area contributed by atoms with Crippen LogP contribution in [0.3, 0.4) is 0 Å². The first-order chi connectivity index (χ1) is 12.7. The van der Waals surface area contributed by atoms with Crippen molar-refractivity contribution in [2.24, 2.45) is 0 Å². The number of sulfonamides is 1. The van der Waals surface area contributed by atoms with Gasteiger partial charge in [0.1, 0.15) is 5.82 Å². The van der Waals surface area contributed by atoms with Crippen molar-refractivity contribution in [1.29, 1.82) is 0 Å². The standard InChI is InChI=1S/C20H25FN2O3S/c1-15(8-9-16-6-4-3-5-7-16)22-20(24)14-19(23-27(2,25)26)17-10-12-18(21)13-11-17/h3-7,10-13,15,19,23H,8-9,14H2,1-2H3,(H,22,24)/t15-,19+/m1/s1. The van der Waals surface area contributed by atoms with E-state index in [1.807, 2.05) is 37.3 Å². The molecule has 0 aliphatic rings. The zero-order valence-corrected chi connectivity index (χ0v) is 16.3. The predicted molar refractivity (Wildman–Crippen MR) is 104 cm³/mol. The Balaban J connectivity index is 1.95. The van der Waals surface area contributed by atoms with Crippen LogP contribution in [0.4, 0.5) is 4.39 Å². The minimum Gasteiger partial charge on any atom is -0.354 e. The molecule has 2 aromatic rings. The van der Waals surface area contributed by atoms with Crippen molar-refractivity contribution >= 4 is 15.9 Å². The van der Waals surface area contributed by atoms with Crippen molar-refractivity contribution in [1.82, 2.24) is 10.0 Å². The number of aryl methyl sites for hydroxylation is 1. The fourth-order valence-electron chi connectivity index (χ4n) is 2.80. The summed E-state index contributed by atoms with van der Waals surface area (Å²) in [4.78, 5) is 12.4. The Bertz CT molecular complexity index is 839. The lowest BCUT2D eigenvalue weighted by Gasteiger charge is -2.20. The lowest BCUT2D eigenvalue weighted by molar-refractivity contribution is -0.122. The van der Waals surface area contributed by atoms with Crippen LogP contribution >= 0.6 is 0 Å². The van der Waals surface area contributed by atoms with Gasteiger partial charge in [-0.1, -0.05) is 42.5 Å². The Hall–Kier alpha value is -2.25. The fourth-order valence-corrected chi connectivity index (χ4v) is 3.54. The second-order valence-corrected chi connectivity index (χ2v) is 8.47. The van der Waals surface area contributed by atoms with E-state index in [0.29, 0.717) is 5.56 Å². The minimum atomic E-state index is -3.53. The summed E-state index contributed by atoms with van der Waals surface area (Å²) in [5, 5.41) is 2.90. The monoisotopic (exact) mass is 392 g/mol. The van der Waals surface area contributed by atoms with Gasteiger partial charge in [-0.2, -0.15) is 0 Å². The van der Waals surface area contributed by atoms with E-state index in [2.05, 4.69) is 10.0 Å². The first kappa shape index (κ1) is 21.1. The summed E-state index contributed by atoms with van der Waals surface area (Å²) in [7, 11) is -3.53. The molecule has 0 spiro atoms. The summed E-state index contributed by atoms with van der Waals surface area (Å²) in [5.41, 5.74) is 1.73. The third-order valence-electron chi connectivity index (χ3n) is 4.13. The molecule has 0 bridgehead atoms. The first-order valence-corrected chi connectivity index (χ1v) is 10.7. The van der Waals surface area contributed by atoms with E-state index in [1.165, 1.54) is 29.8 Å². The Morgan fingerprint density at radius 3 is 2.30 bits per heavy atom. The van der Waals surface area contributed by atoms with Crippen LogP contribution in [-0.2, 0) is 21.2 Å². The highest BCUT2D eigenvalue weighted by Gasteiger charge is 2.20. The van der Waals surface area contributed by atoms with Gasteiger partial charge in [-0.3, -0.25) is 4.79 Å². The van der Waals surface area contributed by atoms with Gasteiger partial charge in [0, 0.05) is 12.5 Å². The fraction of sp³-hybridized carbons (Fsp3) is 0.350. The molecule has 5 nitrogen and oxygen atoms in total. The second-order valence-electron chi connectivity index (χ2n) is 6.69. The van der Waals surface area contributed by atoms with Crippen LogP contribution in [0.1, 0.15) is 36.9 Å². The van der Waals surface area contributed by atoms with Crippen LogP contribution < -0.4 is 10.0 Å². The SMILES string of the molecule is C[C@H](CCc1ccccc1)NC(=O)C[C@H](NS(C)(=O)=O)c1ccc(F)cc1. The number of nitrogens with one attached hydrogen (secondary N) is 2. The predicted octanol–water partition coefficient (Wildman–Crippen LogP) is 2.94. The van der Waals surface area contributed by atoms with E-state index in [4.69, 9.17) is 0 Å². The van der Waals surface area contributed by atoms with Gasteiger partial charge in [0.2, 0.25) is 15.9 Å². The molecule has 0 unspecified atom stereocenters. The number of carbonyl (C=O) groups is 1. The average Bonchev–Trinajstić information content (AvgIpc) is 2.60. The summed E-state index contributed by atoms with van der Waals surface area (Å²) >= 11 is 0. The first-order valence-electron chi connectivity index (χ1n) is 8.79. The van der Waals surface area contributed by atoms with Crippen LogP contribution in [-0.4, -0.2) is 26.6 Å². The normalized spacial score (nSPS) is 13.7. The number of rotatable bonds is 9. The summed E-state index contributed by atoms with van der Waals surface area (Å²) in [6.45, 7) is 1.91. The second kappa shape index (κ2) is 9.62. The molecule has 0 saturated carbocycles. The van der Waals surface area contributed by atoms with Crippen molar-refractivity contribution in [2.75, 3.05) is 6.26 Å². The Kier molecular flexibility index (Phi) is 7.50. The van der Waals surface area contributed by atoms with Crippen molar-refractivity contribution < 1.29 is 17.6 Å². The number of amides is 1. The van der Waals surface area contributed by atoms with E-state index < -0.39 is 21.9 Å². The highest BCUT2D eigenvalue weighted by molar-refractivity contribution is 7.88. The van der Waals surface area contributed by atoms with Crippen LogP contribution in [0.5, 0.6) is 0 Å². The van der Waals surface area contributed by atoms with E-state index in [0.717, 1.165) is 19.1 Å². The van der Waals surface area contributed by atoms with Gasteiger partial charge < -0.3 is 5.32 Å². The molecule has 27 heavy (non-hydrogen) atoms. The molecular weight excluding hydrogens is 367 g/mol. The maximum absolute atomic E-state index is 13.1. The van der Waals surface area contributed by atoms with E-state index in [9.17, 15) is 17.6 Å². The molecule has 0 aliphatic heterocycles.